The van der Waals surface area contributed by atoms with Crippen molar-refractivity contribution in [3.05, 3.63) is 47.9 Å². The Kier molecular flexibility index (Phi) is 4.15. The number of aromatic nitrogens is 4. The van der Waals surface area contributed by atoms with Crippen LogP contribution in [-0.4, -0.2) is 25.8 Å². The average Bonchev–Trinajstić information content (AvgIpc) is 3.02. The maximum atomic E-state index is 4.54. The van der Waals surface area contributed by atoms with Crippen molar-refractivity contribution >= 4 is 16.9 Å². The maximum absolute atomic E-state index is 4.54. The molecule has 0 amide bonds. The number of nitrogens with one attached hydrogen (secondary N) is 1. The Hall–Kier alpha value is -2.43. The van der Waals surface area contributed by atoms with Crippen molar-refractivity contribution in [2.45, 2.75) is 51.6 Å². The van der Waals surface area contributed by atoms with Gasteiger partial charge in [0, 0.05) is 6.04 Å². The van der Waals surface area contributed by atoms with E-state index in [1.165, 1.54) is 43.2 Å². The van der Waals surface area contributed by atoms with Crippen molar-refractivity contribution in [2.75, 3.05) is 5.32 Å². The minimum Gasteiger partial charge on any atom is -0.367 e. The van der Waals surface area contributed by atoms with Gasteiger partial charge in [0.05, 0.1) is 18.1 Å². The van der Waals surface area contributed by atoms with Crippen LogP contribution in [0.25, 0.3) is 11.0 Å². The van der Waals surface area contributed by atoms with E-state index in [4.69, 9.17) is 0 Å². The summed E-state index contributed by atoms with van der Waals surface area (Å²) in [5, 5.41) is 9.15. The van der Waals surface area contributed by atoms with Crippen molar-refractivity contribution in [3.8, 4) is 0 Å². The fraction of sp³-hybridized carbons (Fsp3) is 0.421. The molecular weight excluding hydrogens is 298 g/mol. The Balaban J connectivity index is 1.59. The van der Waals surface area contributed by atoms with E-state index < -0.39 is 0 Å². The summed E-state index contributed by atoms with van der Waals surface area (Å²) >= 11 is 0. The van der Waals surface area contributed by atoms with E-state index in [0.29, 0.717) is 6.04 Å². The third kappa shape index (κ3) is 3.11. The van der Waals surface area contributed by atoms with Crippen LogP contribution in [0.3, 0.4) is 0 Å². The molecule has 1 aromatic carbocycles. The van der Waals surface area contributed by atoms with Gasteiger partial charge in [0.1, 0.15) is 12.1 Å². The highest BCUT2D eigenvalue weighted by atomic mass is 15.3. The van der Waals surface area contributed by atoms with E-state index >= 15 is 0 Å². The lowest BCUT2D eigenvalue weighted by molar-refractivity contribution is 0.462. The van der Waals surface area contributed by atoms with Crippen molar-refractivity contribution < 1.29 is 0 Å². The summed E-state index contributed by atoms with van der Waals surface area (Å²) in [6, 6.07) is 9.08. The highest BCUT2D eigenvalue weighted by molar-refractivity contribution is 5.86. The van der Waals surface area contributed by atoms with E-state index in [1.807, 2.05) is 10.9 Å². The number of hydrogen-bond acceptors (Lipinski definition) is 4. The Bertz CT molecular complexity index is 815. The van der Waals surface area contributed by atoms with Gasteiger partial charge in [0.2, 0.25) is 0 Å². The zero-order chi connectivity index (χ0) is 16.4. The number of hydrogen-bond donors (Lipinski definition) is 1. The van der Waals surface area contributed by atoms with Crippen molar-refractivity contribution in [2.24, 2.45) is 0 Å². The lowest BCUT2D eigenvalue weighted by atomic mass is 9.95. The third-order valence-corrected chi connectivity index (χ3v) is 4.83. The number of benzene rings is 1. The van der Waals surface area contributed by atoms with Crippen LogP contribution in [0.15, 0.2) is 36.8 Å². The minimum absolute atomic E-state index is 0.525. The van der Waals surface area contributed by atoms with Gasteiger partial charge in [-0.2, -0.15) is 5.10 Å². The van der Waals surface area contributed by atoms with E-state index in [0.717, 1.165) is 23.4 Å². The van der Waals surface area contributed by atoms with E-state index in [9.17, 15) is 0 Å². The van der Waals surface area contributed by atoms with Gasteiger partial charge >= 0.3 is 0 Å². The molecule has 0 saturated heterocycles. The van der Waals surface area contributed by atoms with Gasteiger partial charge in [-0.3, -0.25) is 0 Å². The smallest absolute Gasteiger partial charge is 0.163 e. The van der Waals surface area contributed by atoms with Gasteiger partial charge in [0.15, 0.2) is 5.65 Å². The molecule has 2 aromatic heterocycles. The molecule has 0 spiro atoms. The molecule has 0 bridgehead atoms. The van der Waals surface area contributed by atoms with Crippen molar-refractivity contribution in [1.82, 2.24) is 19.7 Å². The monoisotopic (exact) mass is 321 g/mol. The molecule has 24 heavy (non-hydrogen) atoms. The van der Waals surface area contributed by atoms with Crippen LogP contribution in [0, 0.1) is 6.92 Å². The van der Waals surface area contributed by atoms with E-state index in [-0.39, 0.29) is 0 Å². The second-order valence-electron chi connectivity index (χ2n) is 6.73. The molecule has 0 radical (unpaired) electrons. The number of aryl methyl sites for hydroxylation is 1. The normalized spacial score (nSPS) is 15.7. The van der Waals surface area contributed by atoms with Gasteiger partial charge < -0.3 is 5.32 Å². The standard InChI is InChI=1S/C19H23N5/c1-14-7-9-15(10-8-14)12-24-19-17(11-22-24)18(20-13-21-19)23-16-5-3-2-4-6-16/h7-11,13,16H,2-6,12H2,1H3,(H,20,21,23). The van der Waals surface area contributed by atoms with E-state index in [2.05, 4.69) is 51.6 Å². The molecule has 0 unspecified atom stereocenters. The first-order chi connectivity index (χ1) is 11.8. The average molecular weight is 321 g/mol. The number of nitrogens with zero attached hydrogens (tertiary/aromatic N) is 4. The lowest BCUT2D eigenvalue weighted by Gasteiger charge is -2.23. The molecule has 0 aliphatic heterocycles. The second kappa shape index (κ2) is 6.59. The van der Waals surface area contributed by atoms with Gasteiger partial charge in [-0.25, -0.2) is 14.6 Å². The number of fused-ring (bicyclic) bond motifs is 1. The van der Waals surface area contributed by atoms with Gasteiger partial charge in [0.25, 0.3) is 0 Å². The Labute approximate surface area is 142 Å². The highest BCUT2D eigenvalue weighted by Gasteiger charge is 2.16. The zero-order valence-corrected chi connectivity index (χ0v) is 14.1. The summed E-state index contributed by atoms with van der Waals surface area (Å²) in [6.45, 7) is 2.83. The summed E-state index contributed by atoms with van der Waals surface area (Å²) in [7, 11) is 0. The minimum atomic E-state index is 0.525. The molecule has 124 valence electrons. The SMILES string of the molecule is Cc1ccc(Cn2ncc3c(NC4CCCCC4)ncnc32)cc1. The summed E-state index contributed by atoms with van der Waals surface area (Å²) in [6.07, 6.45) is 9.94. The van der Waals surface area contributed by atoms with Crippen LogP contribution < -0.4 is 5.32 Å². The molecule has 5 heteroatoms. The van der Waals surface area contributed by atoms with Crippen molar-refractivity contribution in [1.29, 1.82) is 0 Å². The number of rotatable bonds is 4. The molecule has 1 fully saturated rings. The summed E-state index contributed by atoms with van der Waals surface area (Å²) < 4.78 is 1.95. The summed E-state index contributed by atoms with van der Waals surface area (Å²) in [5.74, 6) is 0.919. The molecule has 1 saturated carbocycles. The van der Waals surface area contributed by atoms with Gasteiger partial charge in [-0.15, -0.1) is 0 Å². The lowest BCUT2D eigenvalue weighted by Crippen LogP contribution is -2.22. The Morgan fingerprint density at radius 3 is 2.67 bits per heavy atom. The Morgan fingerprint density at radius 2 is 1.88 bits per heavy atom. The fourth-order valence-electron chi connectivity index (χ4n) is 3.43. The highest BCUT2D eigenvalue weighted by Crippen LogP contribution is 2.25. The van der Waals surface area contributed by atoms with Crippen LogP contribution in [0.5, 0.6) is 0 Å². The molecule has 4 rings (SSSR count). The first-order valence-electron chi connectivity index (χ1n) is 8.78. The molecule has 1 aliphatic carbocycles. The molecule has 2 heterocycles. The van der Waals surface area contributed by atoms with Crippen LogP contribution in [0.1, 0.15) is 43.2 Å². The van der Waals surface area contributed by atoms with Gasteiger partial charge in [-0.05, 0) is 25.3 Å². The predicted octanol–water partition coefficient (Wildman–Crippen LogP) is 3.93. The third-order valence-electron chi connectivity index (χ3n) is 4.83. The zero-order valence-electron chi connectivity index (χ0n) is 14.1. The fourth-order valence-corrected chi connectivity index (χ4v) is 3.43. The molecule has 5 nitrogen and oxygen atoms in total. The molecule has 0 atom stereocenters. The largest absolute Gasteiger partial charge is 0.367 e. The van der Waals surface area contributed by atoms with Crippen LogP contribution in [0.4, 0.5) is 5.82 Å². The summed E-state index contributed by atoms with van der Waals surface area (Å²) in [5.41, 5.74) is 3.39. The first-order valence-corrected chi connectivity index (χ1v) is 8.78. The quantitative estimate of drug-likeness (QED) is 0.791. The van der Waals surface area contributed by atoms with Gasteiger partial charge in [-0.1, -0.05) is 49.1 Å². The Morgan fingerprint density at radius 1 is 1.08 bits per heavy atom. The maximum Gasteiger partial charge on any atom is 0.163 e. The first kappa shape index (κ1) is 15.1. The predicted molar refractivity (Wildman–Crippen MR) is 96.1 cm³/mol. The van der Waals surface area contributed by atoms with Crippen molar-refractivity contribution in [3.63, 3.8) is 0 Å². The molecule has 3 aromatic rings. The molecule has 1 aliphatic rings. The van der Waals surface area contributed by atoms with Crippen LogP contribution in [-0.2, 0) is 6.54 Å². The number of anilines is 1. The summed E-state index contributed by atoms with van der Waals surface area (Å²) in [4.78, 5) is 8.92. The molecular formula is C19H23N5. The second-order valence-corrected chi connectivity index (χ2v) is 6.73. The van der Waals surface area contributed by atoms with E-state index in [1.54, 1.807) is 6.33 Å². The molecule has 1 N–H and O–H groups in total. The van der Waals surface area contributed by atoms with Crippen LogP contribution >= 0.6 is 0 Å². The van der Waals surface area contributed by atoms with Crippen LogP contribution in [0.2, 0.25) is 0 Å². The topological polar surface area (TPSA) is 55.6 Å².